The molecular formula is C25H18ClF2N3O5. The van der Waals surface area contributed by atoms with Crippen molar-refractivity contribution < 1.29 is 27.5 Å². The highest BCUT2D eigenvalue weighted by Crippen LogP contribution is 2.44. The third-order valence-electron chi connectivity index (χ3n) is 6.16. The zero-order valence-electron chi connectivity index (χ0n) is 18.8. The standard InChI is InChI=1S/C25H18ClF2N3O5/c1-30(16-7-8-18-20(10-16)36-25(27,28)35-18)21(32)12-31-24(33)17-11-19(13-5-6-13)34-23(17)22(29-31)14-3-2-4-15(26)9-14/h2-4,7-11,13H,5-6,12H2,1H3. The number of anilines is 1. The molecule has 0 radical (unpaired) electrons. The molecule has 1 aliphatic carbocycles. The van der Waals surface area contributed by atoms with E-state index >= 15 is 0 Å². The van der Waals surface area contributed by atoms with Gasteiger partial charge in [0, 0.05) is 35.3 Å². The number of carbonyl (C=O) groups is 1. The van der Waals surface area contributed by atoms with Crippen LogP contribution in [-0.4, -0.2) is 29.0 Å². The Morgan fingerprint density at radius 3 is 2.69 bits per heavy atom. The molecule has 1 saturated carbocycles. The first-order valence-corrected chi connectivity index (χ1v) is 11.5. The molecule has 2 aromatic carbocycles. The Hall–Kier alpha value is -3.92. The van der Waals surface area contributed by atoms with E-state index in [1.165, 1.54) is 30.1 Å². The summed E-state index contributed by atoms with van der Waals surface area (Å²) < 4.78 is 42.7. The second-order valence-corrected chi connectivity index (χ2v) is 9.18. The monoisotopic (exact) mass is 513 g/mol. The minimum atomic E-state index is -3.77. The fourth-order valence-electron chi connectivity index (χ4n) is 4.12. The van der Waals surface area contributed by atoms with Gasteiger partial charge in [0.15, 0.2) is 17.1 Å². The first kappa shape index (κ1) is 22.5. The molecule has 0 atom stereocenters. The Kier molecular flexibility index (Phi) is 5.04. The predicted octanol–water partition coefficient (Wildman–Crippen LogP) is 5.17. The van der Waals surface area contributed by atoms with E-state index in [0.29, 0.717) is 33.0 Å². The number of rotatable bonds is 5. The van der Waals surface area contributed by atoms with Crippen LogP contribution in [0.1, 0.15) is 24.5 Å². The molecule has 184 valence electrons. The summed E-state index contributed by atoms with van der Waals surface area (Å²) in [6.07, 6.45) is -1.80. The fraction of sp³-hybridized carbons (Fsp3) is 0.240. The first-order chi connectivity index (χ1) is 17.2. The normalized spacial score (nSPS) is 15.9. The second kappa shape index (κ2) is 8.06. The molecule has 0 saturated heterocycles. The first-order valence-electron chi connectivity index (χ1n) is 11.2. The number of hydrogen-bond donors (Lipinski definition) is 0. The van der Waals surface area contributed by atoms with Crippen LogP contribution < -0.4 is 19.9 Å². The molecule has 0 bridgehead atoms. The third-order valence-corrected chi connectivity index (χ3v) is 6.40. The topological polar surface area (TPSA) is 86.8 Å². The Morgan fingerprint density at radius 1 is 1.17 bits per heavy atom. The van der Waals surface area contributed by atoms with Crippen LogP contribution in [0.4, 0.5) is 14.5 Å². The highest BCUT2D eigenvalue weighted by atomic mass is 35.5. The molecule has 6 rings (SSSR count). The van der Waals surface area contributed by atoms with Gasteiger partial charge < -0.3 is 18.8 Å². The number of nitrogens with zero attached hydrogens (tertiary/aromatic N) is 3. The largest absolute Gasteiger partial charge is 0.586 e. The molecule has 1 amide bonds. The number of hydrogen-bond acceptors (Lipinski definition) is 6. The van der Waals surface area contributed by atoms with Crippen LogP contribution in [0.3, 0.4) is 0 Å². The van der Waals surface area contributed by atoms with E-state index in [1.54, 1.807) is 30.3 Å². The summed E-state index contributed by atoms with van der Waals surface area (Å²) in [6, 6.07) is 12.7. The lowest BCUT2D eigenvalue weighted by atomic mass is 10.1. The summed E-state index contributed by atoms with van der Waals surface area (Å²) in [5.41, 5.74) is 1.18. The van der Waals surface area contributed by atoms with Gasteiger partial charge in [-0.2, -0.15) is 5.10 Å². The van der Waals surface area contributed by atoms with Crippen molar-refractivity contribution in [2.45, 2.75) is 31.6 Å². The highest BCUT2D eigenvalue weighted by molar-refractivity contribution is 6.30. The smallest absolute Gasteiger partial charge is 0.458 e. The van der Waals surface area contributed by atoms with Gasteiger partial charge in [0.2, 0.25) is 5.91 Å². The number of halogens is 3. The molecule has 0 N–H and O–H groups in total. The van der Waals surface area contributed by atoms with Crippen LogP contribution >= 0.6 is 11.6 Å². The van der Waals surface area contributed by atoms with Crippen LogP contribution in [0.2, 0.25) is 5.02 Å². The van der Waals surface area contributed by atoms with Gasteiger partial charge in [0.1, 0.15) is 18.0 Å². The van der Waals surface area contributed by atoms with Gasteiger partial charge in [-0.25, -0.2) is 4.68 Å². The van der Waals surface area contributed by atoms with Crippen molar-refractivity contribution in [3.05, 3.63) is 69.7 Å². The van der Waals surface area contributed by atoms with Gasteiger partial charge in [-0.15, -0.1) is 8.78 Å². The van der Waals surface area contributed by atoms with Crippen LogP contribution in [0.25, 0.3) is 22.2 Å². The second-order valence-electron chi connectivity index (χ2n) is 8.74. The van der Waals surface area contributed by atoms with Crippen molar-refractivity contribution in [3.63, 3.8) is 0 Å². The number of benzene rings is 2. The Morgan fingerprint density at radius 2 is 1.94 bits per heavy atom. The van der Waals surface area contributed by atoms with Crippen molar-refractivity contribution in [1.82, 2.24) is 9.78 Å². The fourth-order valence-corrected chi connectivity index (χ4v) is 4.31. The van der Waals surface area contributed by atoms with Crippen LogP contribution in [0.5, 0.6) is 11.5 Å². The van der Waals surface area contributed by atoms with Gasteiger partial charge in [-0.1, -0.05) is 23.7 Å². The number of fused-ring (bicyclic) bond motifs is 2. The molecule has 8 nitrogen and oxygen atoms in total. The molecule has 3 heterocycles. The number of aromatic nitrogens is 2. The van der Waals surface area contributed by atoms with Crippen molar-refractivity contribution in [3.8, 4) is 22.8 Å². The highest BCUT2D eigenvalue weighted by Gasteiger charge is 2.43. The van der Waals surface area contributed by atoms with Crippen molar-refractivity contribution in [2.75, 3.05) is 11.9 Å². The number of likely N-dealkylation sites (N-methyl/N-ethyl adjacent to an activating group) is 1. The number of carbonyl (C=O) groups excluding carboxylic acids is 1. The van der Waals surface area contributed by atoms with Crippen molar-refractivity contribution in [1.29, 1.82) is 0 Å². The van der Waals surface area contributed by atoms with E-state index in [0.717, 1.165) is 17.5 Å². The Labute approximate surface area is 207 Å². The molecule has 0 unspecified atom stereocenters. The van der Waals surface area contributed by atoms with Crippen LogP contribution in [0.15, 0.2) is 57.7 Å². The average Bonchev–Trinajstić information content (AvgIpc) is 3.50. The third kappa shape index (κ3) is 3.97. The van der Waals surface area contributed by atoms with E-state index in [1.807, 2.05) is 0 Å². The SMILES string of the molecule is CN(C(=O)Cn1nc(-c2cccc(Cl)c2)c2oc(C3CC3)cc2c1=O)c1ccc2c(c1)OC(F)(F)O2. The lowest BCUT2D eigenvalue weighted by Crippen LogP contribution is -2.35. The molecular weight excluding hydrogens is 496 g/mol. The maximum atomic E-state index is 13.4. The van der Waals surface area contributed by atoms with Gasteiger partial charge in [0.05, 0.1) is 5.39 Å². The molecule has 2 aromatic heterocycles. The van der Waals surface area contributed by atoms with Crippen molar-refractivity contribution in [2.24, 2.45) is 0 Å². The number of furan rings is 1. The van der Waals surface area contributed by atoms with E-state index in [2.05, 4.69) is 14.6 Å². The molecule has 1 aliphatic heterocycles. The summed E-state index contributed by atoms with van der Waals surface area (Å²) in [4.78, 5) is 27.6. The van der Waals surface area contributed by atoms with E-state index in [4.69, 9.17) is 16.0 Å². The lowest BCUT2D eigenvalue weighted by Gasteiger charge is -2.18. The number of amides is 1. The Bertz CT molecular complexity index is 1590. The minimum absolute atomic E-state index is 0.134. The molecule has 36 heavy (non-hydrogen) atoms. The summed E-state index contributed by atoms with van der Waals surface area (Å²) >= 11 is 6.18. The molecule has 11 heteroatoms. The zero-order chi connectivity index (χ0) is 25.2. The van der Waals surface area contributed by atoms with Gasteiger partial charge in [-0.3, -0.25) is 9.59 Å². The van der Waals surface area contributed by atoms with Gasteiger partial charge >= 0.3 is 6.29 Å². The van der Waals surface area contributed by atoms with Gasteiger partial charge in [-0.05, 0) is 43.2 Å². The van der Waals surface area contributed by atoms with Crippen molar-refractivity contribution >= 4 is 34.2 Å². The van der Waals surface area contributed by atoms with Crippen LogP contribution in [-0.2, 0) is 11.3 Å². The predicted molar refractivity (Wildman–Crippen MR) is 127 cm³/mol. The summed E-state index contributed by atoms with van der Waals surface area (Å²) in [7, 11) is 1.46. The lowest BCUT2D eigenvalue weighted by molar-refractivity contribution is -0.286. The molecule has 0 spiro atoms. The van der Waals surface area contributed by atoms with Crippen LogP contribution in [0, 0.1) is 0 Å². The Balaban J connectivity index is 1.36. The van der Waals surface area contributed by atoms with E-state index < -0.39 is 24.3 Å². The summed E-state index contributed by atoms with van der Waals surface area (Å²) in [5, 5.41) is 5.26. The summed E-state index contributed by atoms with van der Waals surface area (Å²) in [6.45, 7) is -0.395. The molecule has 2 aliphatic rings. The zero-order valence-corrected chi connectivity index (χ0v) is 19.6. The minimum Gasteiger partial charge on any atom is -0.458 e. The molecule has 1 fully saturated rings. The summed E-state index contributed by atoms with van der Waals surface area (Å²) in [5.74, 6) is 0.153. The van der Waals surface area contributed by atoms with E-state index in [-0.39, 0.29) is 23.1 Å². The van der Waals surface area contributed by atoms with E-state index in [9.17, 15) is 18.4 Å². The quantitative estimate of drug-likeness (QED) is 0.366. The number of ether oxygens (including phenoxy) is 2. The van der Waals surface area contributed by atoms with Gasteiger partial charge in [0.25, 0.3) is 5.56 Å². The average molecular weight is 514 g/mol. The number of alkyl halides is 2. The maximum absolute atomic E-state index is 13.4. The maximum Gasteiger partial charge on any atom is 0.586 e. The molecule has 4 aromatic rings.